The van der Waals surface area contributed by atoms with Crippen LogP contribution >= 0.6 is 0 Å². The Kier molecular flexibility index (Phi) is 3.63. The van der Waals surface area contributed by atoms with Crippen LogP contribution in [0.3, 0.4) is 0 Å². The molecule has 0 aromatic heterocycles. The Morgan fingerprint density at radius 3 is 2.50 bits per heavy atom. The molecule has 1 unspecified atom stereocenters. The summed E-state index contributed by atoms with van der Waals surface area (Å²) in [6.07, 6.45) is -1.36. The van der Waals surface area contributed by atoms with Gasteiger partial charge in [0.05, 0.1) is 0 Å². The van der Waals surface area contributed by atoms with Crippen molar-refractivity contribution in [3.8, 4) is 0 Å². The highest BCUT2D eigenvalue weighted by molar-refractivity contribution is 5.97. The molecule has 1 rings (SSSR count). The normalized spacial score (nSPS) is 12.1. The van der Waals surface area contributed by atoms with E-state index in [1.807, 2.05) is 0 Å². The van der Waals surface area contributed by atoms with Crippen LogP contribution in [0.4, 0.5) is 5.69 Å². The van der Waals surface area contributed by atoms with E-state index in [9.17, 15) is 14.7 Å². The second-order valence-electron chi connectivity index (χ2n) is 3.41. The maximum absolute atomic E-state index is 11.4. The molecule has 1 atom stereocenters. The third-order valence-corrected chi connectivity index (χ3v) is 2.17. The largest absolute Gasteiger partial charge is 0.479 e. The number of hydrogen-bond donors (Lipinski definition) is 3. The third kappa shape index (κ3) is 2.58. The first-order valence-corrected chi connectivity index (χ1v) is 4.80. The molecular weight excluding hydrogens is 210 g/mol. The van der Waals surface area contributed by atoms with Crippen molar-refractivity contribution in [1.82, 2.24) is 0 Å². The van der Waals surface area contributed by atoms with Crippen molar-refractivity contribution in [3.63, 3.8) is 0 Å². The predicted molar refractivity (Wildman–Crippen MR) is 58.1 cm³/mol. The number of carbonyl (C=O) groups excluding carboxylic acids is 1. The fourth-order valence-corrected chi connectivity index (χ4v) is 1.34. The molecule has 0 saturated heterocycles. The molecule has 5 nitrogen and oxygen atoms in total. The van der Waals surface area contributed by atoms with Crippen molar-refractivity contribution in [2.45, 2.75) is 19.4 Å². The summed E-state index contributed by atoms with van der Waals surface area (Å²) in [4.78, 5) is 22.0. The molecule has 0 saturated carbocycles. The predicted octanol–water partition coefficient (Wildman–Crippen LogP) is 0.980. The zero-order valence-electron chi connectivity index (χ0n) is 8.80. The summed E-state index contributed by atoms with van der Waals surface area (Å²) >= 11 is 0. The number of rotatable bonds is 4. The van der Waals surface area contributed by atoms with Crippen molar-refractivity contribution in [3.05, 3.63) is 29.3 Å². The minimum Gasteiger partial charge on any atom is -0.479 e. The maximum Gasteiger partial charge on any atom is 0.337 e. The molecule has 0 spiro atoms. The van der Waals surface area contributed by atoms with Gasteiger partial charge in [0.15, 0.2) is 11.9 Å². The molecule has 0 amide bonds. The molecule has 0 fully saturated rings. The second kappa shape index (κ2) is 4.76. The molecule has 86 valence electrons. The minimum atomic E-state index is -1.66. The standard InChI is InChI=1S/C11H13NO4/c1-2-9(13)6-3-7(5-8(12)4-6)10(14)11(15)16/h3-5,10,14H,2,12H2,1H3,(H,15,16). The van der Waals surface area contributed by atoms with E-state index in [-0.39, 0.29) is 17.0 Å². The number of ketones is 1. The maximum atomic E-state index is 11.4. The number of Topliss-reactive ketones (excluding diaryl/α,β-unsaturated/α-hetero) is 1. The van der Waals surface area contributed by atoms with Gasteiger partial charge in [-0.25, -0.2) is 4.79 Å². The first-order valence-electron chi connectivity index (χ1n) is 4.80. The molecule has 0 aliphatic heterocycles. The smallest absolute Gasteiger partial charge is 0.337 e. The first-order chi connectivity index (χ1) is 7.45. The van der Waals surface area contributed by atoms with Crippen LogP contribution in [0.15, 0.2) is 18.2 Å². The van der Waals surface area contributed by atoms with E-state index in [0.29, 0.717) is 12.0 Å². The van der Waals surface area contributed by atoms with Gasteiger partial charge >= 0.3 is 5.97 Å². The lowest BCUT2D eigenvalue weighted by Crippen LogP contribution is -2.12. The van der Waals surface area contributed by atoms with Gasteiger partial charge in [-0.3, -0.25) is 4.79 Å². The quantitative estimate of drug-likeness (QED) is 0.521. The SMILES string of the molecule is CCC(=O)c1cc(N)cc(C(O)C(=O)O)c1. The Balaban J connectivity index is 3.17. The summed E-state index contributed by atoms with van der Waals surface area (Å²) in [6.45, 7) is 1.69. The van der Waals surface area contributed by atoms with E-state index < -0.39 is 12.1 Å². The van der Waals surface area contributed by atoms with E-state index in [0.717, 1.165) is 0 Å². The number of nitrogen functional groups attached to an aromatic ring is 1. The number of benzene rings is 1. The summed E-state index contributed by atoms with van der Waals surface area (Å²) < 4.78 is 0. The molecule has 4 N–H and O–H groups in total. The highest BCUT2D eigenvalue weighted by Gasteiger charge is 2.18. The van der Waals surface area contributed by atoms with Gasteiger partial charge < -0.3 is 15.9 Å². The highest BCUT2D eigenvalue weighted by Crippen LogP contribution is 2.20. The molecule has 0 radical (unpaired) electrons. The molecule has 0 heterocycles. The topological polar surface area (TPSA) is 101 Å². The number of nitrogens with two attached hydrogens (primary N) is 1. The number of carboxylic acid groups (broad SMARTS) is 1. The van der Waals surface area contributed by atoms with Crippen LogP contribution in [-0.4, -0.2) is 22.0 Å². The van der Waals surface area contributed by atoms with Crippen molar-refractivity contribution >= 4 is 17.4 Å². The summed E-state index contributed by atoms with van der Waals surface area (Å²) in [7, 11) is 0. The summed E-state index contributed by atoms with van der Waals surface area (Å²) in [5.74, 6) is -1.52. The number of carbonyl (C=O) groups is 2. The Bertz CT molecular complexity index is 428. The molecule has 5 heteroatoms. The molecule has 1 aromatic carbocycles. The summed E-state index contributed by atoms with van der Waals surface area (Å²) in [5, 5.41) is 18.0. The molecule has 16 heavy (non-hydrogen) atoms. The Hall–Kier alpha value is -1.88. The van der Waals surface area contributed by atoms with Gasteiger partial charge in [0.2, 0.25) is 0 Å². The molecule has 0 aliphatic rings. The number of hydrogen-bond acceptors (Lipinski definition) is 4. The van der Waals surface area contributed by atoms with Crippen LogP contribution < -0.4 is 5.73 Å². The minimum absolute atomic E-state index is 0.115. The van der Waals surface area contributed by atoms with E-state index >= 15 is 0 Å². The van der Waals surface area contributed by atoms with Crippen LogP contribution in [0.5, 0.6) is 0 Å². The van der Waals surface area contributed by atoms with Crippen molar-refractivity contribution in [2.24, 2.45) is 0 Å². The van der Waals surface area contributed by atoms with Gasteiger partial charge in [0.1, 0.15) is 0 Å². The molecular formula is C11H13NO4. The van der Waals surface area contributed by atoms with Gasteiger partial charge in [-0.05, 0) is 23.8 Å². The van der Waals surface area contributed by atoms with Gasteiger partial charge in [0.25, 0.3) is 0 Å². The van der Waals surface area contributed by atoms with Crippen molar-refractivity contribution in [2.75, 3.05) is 5.73 Å². The number of aliphatic carboxylic acids is 1. The van der Waals surface area contributed by atoms with Gasteiger partial charge in [-0.1, -0.05) is 6.92 Å². The number of aliphatic hydroxyl groups excluding tert-OH is 1. The number of anilines is 1. The lowest BCUT2D eigenvalue weighted by atomic mass is 10.0. The first kappa shape index (κ1) is 12.2. The number of carboxylic acids is 1. The van der Waals surface area contributed by atoms with E-state index in [2.05, 4.69) is 0 Å². The monoisotopic (exact) mass is 223 g/mol. The third-order valence-electron chi connectivity index (χ3n) is 2.17. The van der Waals surface area contributed by atoms with Crippen molar-refractivity contribution < 1.29 is 19.8 Å². The van der Waals surface area contributed by atoms with E-state index in [1.54, 1.807) is 6.92 Å². The molecule has 1 aromatic rings. The van der Waals surface area contributed by atoms with Crippen molar-refractivity contribution in [1.29, 1.82) is 0 Å². The van der Waals surface area contributed by atoms with Crippen LogP contribution in [0.25, 0.3) is 0 Å². The molecule has 0 bridgehead atoms. The van der Waals surface area contributed by atoms with Gasteiger partial charge in [-0.2, -0.15) is 0 Å². The Morgan fingerprint density at radius 2 is 2.00 bits per heavy atom. The zero-order chi connectivity index (χ0) is 12.3. The second-order valence-corrected chi connectivity index (χ2v) is 3.41. The fraction of sp³-hybridized carbons (Fsp3) is 0.273. The lowest BCUT2D eigenvalue weighted by Gasteiger charge is -2.09. The van der Waals surface area contributed by atoms with Gasteiger partial charge in [-0.15, -0.1) is 0 Å². The van der Waals surface area contributed by atoms with Crippen LogP contribution in [0, 0.1) is 0 Å². The summed E-state index contributed by atoms with van der Waals surface area (Å²) in [5.41, 5.74) is 6.22. The van der Waals surface area contributed by atoms with Crippen LogP contribution in [-0.2, 0) is 4.79 Å². The Morgan fingerprint density at radius 1 is 1.38 bits per heavy atom. The zero-order valence-corrected chi connectivity index (χ0v) is 8.80. The number of aliphatic hydroxyl groups is 1. The van der Waals surface area contributed by atoms with Gasteiger partial charge in [0, 0.05) is 17.7 Å². The fourth-order valence-electron chi connectivity index (χ4n) is 1.34. The van der Waals surface area contributed by atoms with Crippen LogP contribution in [0.2, 0.25) is 0 Å². The van der Waals surface area contributed by atoms with Crippen LogP contribution in [0.1, 0.15) is 35.4 Å². The molecule has 0 aliphatic carbocycles. The average Bonchev–Trinajstić information content (AvgIpc) is 2.25. The highest BCUT2D eigenvalue weighted by atomic mass is 16.4. The Labute approximate surface area is 92.5 Å². The van der Waals surface area contributed by atoms with E-state index in [1.165, 1.54) is 18.2 Å². The lowest BCUT2D eigenvalue weighted by molar-refractivity contribution is -0.146. The average molecular weight is 223 g/mol. The summed E-state index contributed by atoms with van der Waals surface area (Å²) in [6, 6.07) is 4.15. The van der Waals surface area contributed by atoms with E-state index in [4.69, 9.17) is 10.8 Å².